The molecule has 0 aromatic carbocycles. The van der Waals surface area contributed by atoms with Gasteiger partial charge in [-0.25, -0.2) is 0 Å². The fourth-order valence-corrected chi connectivity index (χ4v) is 3.70. The van der Waals surface area contributed by atoms with Gasteiger partial charge in [-0.05, 0) is 11.7 Å². The van der Waals surface area contributed by atoms with E-state index in [9.17, 15) is 0 Å². The van der Waals surface area contributed by atoms with Crippen LogP contribution in [0.4, 0.5) is 0 Å². The molecule has 0 bridgehead atoms. The van der Waals surface area contributed by atoms with Crippen molar-refractivity contribution in [2.24, 2.45) is 0 Å². The highest BCUT2D eigenvalue weighted by Gasteiger charge is 1.96. The topological polar surface area (TPSA) is 0 Å². The van der Waals surface area contributed by atoms with E-state index in [-0.39, 0.29) is 0 Å². The third kappa shape index (κ3) is 22.4. The molecule has 0 spiro atoms. The Bertz CT molecular complexity index is 212. The van der Waals surface area contributed by atoms with Crippen LogP contribution in [-0.4, -0.2) is 5.25 Å². The van der Waals surface area contributed by atoms with Crippen LogP contribution in [0.15, 0.2) is 0 Å². The molecule has 0 aliphatic carbocycles. The Hall–Kier alpha value is 0.350. The third-order valence-electron chi connectivity index (χ3n) is 5.23. The molecule has 0 heterocycles. The maximum Gasteiger partial charge on any atom is -0.00116 e. The molecule has 0 rings (SSSR count). The normalized spacial score (nSPS) is 12.6. The van der Waals surface area contributed by atoms with E-state index in [1.807, 2.05) is 0 Å². The van der Waals surface area contributed by atoms with Gasteiger partial charge in [0.25, 0.3) is 0 Å². The minimum atomic E-state index is 0.593. The molecule has 0 saturated carbocycles. The van der Waals surface area contributed by atoms with Crippen molar-refractivity contribution in [3.8, 4) is 0 Å². The molecule has 146 valence electrons. The molecule has 1 heteroatoms. The Morgan fingerprint density at radius 2 is 0.708 bits per heavy atom. The average molecular weight is 357 g/mol. The van der Waals surface area contributed by atoms with Crippen molar-refractivity contribution in [1.29, 1.82) is 0 Å². The summed E-state index contributed by atoms with van der Waals surface area (Å²) in [6.07, 6.45) is 29.0. The van der Waals surface area contributed by atoms with E-state index >= 15 is 0 Å². The maximum atomic E-state index is 4.44. The summed E-state index contributed by atoms with van der Waals surface area (Å²) in [5.41, 5.74) is 0. The second kappa shape index (κ2) is 21.4. The smallest absolute Gasteiger partial charge is 0.00116 e. The van der Waals surface area contributed by atoms with Gasteiger partial charge in [0.15, 0.2) is 0 Å². The van der Waals surface area contributed by atoms with Gasteiger partial charge >= 0.3 is 0 Å². The fourth-order valence-electron chi connectivity index (χ4n) is 3.52. The number of rotatable bonds is 20. The molecular weight excluding hydrogens is 308 g/mol. The Labute approximate surface area is 160 Å². The maximum absolute atomic E-state index is 4.44. The summed E-state index contributed by atoms with van der Waals surface area (Å²) in [7, 11) is 0. The van der Waals surface area contributed by atoms with E-state index in [0.717, 1.165) is 0 Å². The summed E-state index contributed by atoms with van der Waals surface area (Å²) in [5, 5.41) is 0.593. The van der Waals surface area contributed by atoms with Crippen LogP contribution >= 0.6 is 12.6 Å². The molecule has 0 aliphatic rings. The largest absolute Gasteiger partial charge is 0.176 e. The van der Waals surface area contributed by atoms with Crippen LogP contribution in [0.5, 0.6) is 0 Å². The monoisotopic (exact) mass is 356 g/mol. The van der Waals surface area contributed by atoms with Crippen LogP contribution in [-0.2, 0) is 0 Å². The highest BCUT2D eigenvalue weighted by molar-refractivity contribution is 7.80. The zero-order chi connectivity index (χ0) is 17.7. The van der Waals surface area contributed by atoms with Crippen molar-refractivity contribution in [3.63, 3.8) is 0 Å². The molecule has 0 aromatic heterocycles. The fraction of sp³-hybridized carbons (Fsp3) is 1.00. The predicted octanol–water partition coefficient (Wildman–Crippen LogP) is 9.13. The van der Waals surface area contributed by atoms with Crippen LogP contribution in [0.1, 0.15) is 142 Å². The summed E-state index contributed by atoms with van der Waals surface area (Å²) >= 11 is 4.44. The summed E-state index contributed by atoms with van der Waals surface area (Å²) in [5.74, 6) is 0. The summed E-state index contributed by atoms with van der Waals surface area (Å²) in [6.45, 7) is 4.50. The first-order chi connectivity index (χ1) is 11.8. The molecule has 0 fully saturated rings. The zero-order valence-electron chi connectivity index (χ0n) is 17.2. The quantitative estimate of drug-likeness (QED) is 0.163. The number of thiol groups is 1. The van der Waals surface area contributed by atoms with Crippen molar-refractivity contribution < 1.29 is 0 Å². The lowest BCUT2D eigenvalue weighted by molar-refractivity contribution is 0.522. The van der Waals surface area contributed by atoms with E-state index in [4.69, 9.17) is 0 Å². The zero-order valence-corrected chi connectivity index (χ0v) is 18.1. The summed E-state index contributed by atoms with van der Waals surface area (Å²) in [6, 6.07) is 0. The van der Waals surface area contributed by atoms with Gasteiger partial charge in [0.05, 0.1) is 0 Å². The van der Waals surface area contributed by atoms with Crippen LogP contribution < -0.4 is 0 Å². The van der Waals surface area contributed by atoms with E-state index in [1.165, 1.54) is 128 Å². The predicted molar refractivity (Wildman–Crippen MR) is 116 cm³/mol. The van der Waals surface area contributed by atoms with Crippen LogP contribution in [0, 0.1) is 0 Å². The molecule has 0 nitrogen and oxygen atoms in total. The minimum Gasteiger partial charge on any atom is -0.176 e. The van der Waals surface area contributed by atoms with Crippen LogP contribution in [0.2, 0.25) is 0 Å². The highest BCUT2D eigenvalue weighted by Crippen LogP contribution is 2.15. The van der Waals surface area contributed by atoms with Gasteiger partial charge in [-0.1, -0.05) is 136 Å². The second-order valence-corrected chi connectivity index (χ2v) is 8.88. The minimum absolute atomic E-state index is 0.593. The number of unbranched alkanes of at least 4 members (excludes halogenated alkanes) is 18. The molecule has 0 amide bonds. The van der Waals surface area contributed by atoms with Crippen molar-refractivity contribution in [2.45, 2.75) is 148 Å². The van der Waals surface area contributed by atoms with Gasteiger partial charge in [-0.2, -0.15) is 12.6 Å². The first-order valence-corrected chi connectivity index (χ1v) is 12.0. The Balaban J connectivity index is 2.95. The Kier molecular flexibility index (Phi) is 21.7. The van der Waals surface area contributed by atoms with Crippen LogP contribution in [0.3, 0.4) is 0 Å². The molecule has 0 aromatic rings. The second-order valence-electron chi connectivity index (χ2n) is 8.00. The van der Waals surface area contributed by atoms with E-state index in [1.54, 1.807) is 0 Å². The molecule has 1 unspecified atom stereocenters. The van der Waals surface area contributed by atoms with E-state index in [0.29, 0.717) is 5.25 Å². The Morgan fingerprint density at radius 3 is 0.958 bits per heavy atom. The van der Waals surface area contributed by atoms with Crippen LogP contribution in [0.25, 0.3) is 0 Å². The lowest BCUT2D eigenvalue weighted by atomic mass is 10.0. The van der Waals surface area contributed by atoms with E-state index in [2.05, 4.69) is 26.5 Å². The SMILES string of the molecule is CCCCCCCCCCCCCCCCCCCCCC(C)S. The van der Waals surface area contributed by atoms with Gasteiger partial charge in [0.1, 0.15) is 0 Å². The molecule has 0 N–H and O–H groups in total. The van der Waals surface area contributed by atoms with Gasteiger partial charge < -0.3 is 0 Å². The molecule has 24 heavy (non-hydrogen) atoms. The average Bonchev–Trinajstić information content (AvgIpc) is 2.56. The lowest BCUT2D eigenvalue weighted by Gasteiger charge is -2.05. The van der Waals surface area contributed by atoms with Gasteiger partial charge in [-0.15, -0.1) is 0 Å². The lowest BCUT2D eigenvalue weighted by Crippen LogP contribution is -1.90. The number of hydrogen-bond donors (Lipinski definition) is 1. The van der Waals surface area contributed by atoms with Gasteiger partial charge in [0.2, 0.25) is 0 Å². The summed E-state index contributed by atoms with van der Waals surface area (Å²) < 4.78 is 0. The van der Waals surface area contributed by atoms with Gasteiger partial charge in [0, 0.05) is 0 Å². The highest BCUT2D eigenvalue weighted by atomic mass is 32.1. The summed E-state index contributed by atoms with van der Waals surface area (Å²) in [4.78, 5) is 0. The molecule has 0 saturated heterocycles. The molecule has 0 aliphatic heterocycles. The molecule has 1 atom stereocenters. The molecular formula is C23H48S. The third-order valence-corrected chi connectivity index (χ3v) is 5.48. The number of hydrogen-bond acceptors (Lipinski definition) is 1. The van der Waals surface area contributed by atoms with Crippen molar-refractivity contribution in [2.75, 3.05) is 0 Å². The first-order valence-electron chi connectivity index (χ1n) is 11.5. The van der Waals surface area contributed by atoms with Crippen molar-refractivity contribution in [3.05, 3.63) is 0 Å². The van der Waals surface area contributed by atoms with Gasteiger partial charge in [-0.3, -0.25) is 0 Å². The van der Waals surface area contributed by atoms with Crippen molar-refractivity contribution in [1.82, 2.24) is 0 Å². The van der Waals surface area contributed by atoms with E-state index < -0.39 is 0 Å². The standard InChI is InChI=1S/C23H48S/c1-3-4-5-6-7-8-9-10-11-12-13-14-15-16-17-18-19-20-21-22-23(2)24/h23-24H,3-22H2,1-2H3. The van der Waals surface area contributed by atoms with Crippen molar-refractivity contribution >= 4 is 12.6 Å². The first kappa shape index (κ1) is 24.4. The molecule has 0 radical (unpaired) electrons. The Morgan fingerprint density at radius 1 is 0.458 bits per heavy atom.